The van der Waals surface area contributed by atoms with Crippen LogP contribution in [-0.2, 0) is 25.4 Å². The molecule has 1 aliphatic rings. The van der Waals surface area contributed by atoms with Crippen molar-refractivity contribution >= 4 is 18.9 Å². The Morgan fingerprint density at radius 3 is 2.25 bits per heavy atom. The summed E-state index contributed by atoms with van der Waals surface area (Å²) in [4.78, 5) is 8.00. The van der Waals surface area contributed by atoms with Crippen LogP contribution >= 0.6 is 0 Å². The molecule has 0 amide bonds. The minimum absolute atomic E-state index is 0.00641. The van der Waals surface area contributed by atoms with Crippen molar-refractivity contribution in [3.05, 3.63) is 143 Å². The Kier molecular flexibility index (Phi) is 25.0. The van der Waals surface area contributed by atoms with Crippen LogP contribution in [0.25, 0.3) is 12.2 Å². The standard InChI is InChI=1S/C37H44O3.2C2H6.C2H4.CH2O/c1-27(17-20-32-21-18-28(2)25-29(32)3)16-19-31-11-10-13-34(26-31)36(38-5)23-22-33-12-6-7-14-35(33)30(4)40-37-15-8-9-24-39-37;4*1-2/h6-7,10-14,16-21,25-26,30,36-37H,1,8-9,15,22-24H2,2-5H3;2*1-2H3;1-2H2;1H2/b19-16+,20-17-;;;;. The second-order valence-electron chi connectivity index (χ2n) is 10.8. The van der Waals surface area contributed by atoms with Gasteiger partial charge in [-0.15, -0.1) is 13.2 Å². The molecule has 3 aromatic carbocycles. The first-order valence-corrected chi connectivity index (χ1v) is 17.3. The molecule has 262 valence electrons. The van der Waals surface area contributed by atoms with Gasteiger partial charge >= 0.3 is 0 Å². The number of benzene rings is 3. The average Bonchev–Trinajstić information content (AvgIpc) is 3.15. The van der Waals surface area contributed by atoms with E-state index in [2.05, 4.69) is 132 Å². The molecule has 0 saturated carbocycles. The highest BCUT2D eigenvalue weighted by atomic mass is 16.7. The summed E-state index contributed by atoms with van der Waals surface area (Å²) >= 11 is 0. The molecule has 0 N–H and O–H groups in total. The lowest BCUT2D eigenvalue weighted by Gasteiger charge is -2.27. The van der Waals surface area contributed by atoms with Gasteiger partial charge in [-0.3, -0.25) is 0 Å². The molecule has 3 aromatic rings. The van der Waals surface area contributed by atoms with Crippen LogP contribution in [0, 0.1) is 13.8 Å². The highest BCUT2D eigenvalue weighted by Crippen LogP contribution is 2.29. The predicted molar refractivity (Wildman–Crippen MR) is 208 cm³/mol. The van der Waals surface area contributed by atoms with Gasteiger partial charge in [0.25, 0.3) is 0 Å². The molecule has 0 radical (unpaired) electrons. The average molecular weight is 655 g/mol. The van der Waals surface area contributed by atoms with Gasteiger partial charge in [-0.2, -0.15) is 0 Å². The second kappa shape index (κ2) is 27.2. The quantitative estimate of drug-likeness (QED) is 0.144. The van der Waals surface area contributed by atoms with E-state index in [0.29, 0.717) is 0 Å². The number of ether oxygens (including phenoxy) is 3. The van der Waals surface area contributed by atoms with Crippen LogP contribution in [0.4, 0.5) is 0 Å². The van der Waals surface area contributed by atoms with Crippen molar-refractivity contribution in [2.24, 2.45) is 0 Å². The maximum Gasteiger partial charge on any atom is 0.158 e. The van der Waals surface area contributed by atoms with Crippen LogP contribution < -0.4 is 0 Å². The fraction of sp³-hybridized carbons (Fsp3) is 0.386. The molecular weight excluding hydrogens is 592 g/mol. The number of carbonyl (C=O) groups excluding carboxylic acids is 1. The maximum atomic E-state index is 8.00. The molecule has 1 aliphatic heterocycles. The molecule has 48 heavy (non-hydrogen) atoms. The maximum absolute atomic E-state index is 8.00. The number of aryl methyl sites for hydroxylation is 3. The summed E-state index contributed by atoms with van der Waals surface area (Å²) < 4.78 is 18.1. The van der Waals surface area contributed by atoms with Gasteiger partial charge in [-0.1, -0.05) is 125 Å². The van der Waals surface area contributed by atoms with Crippen LogP contribution in [0.15, 0.2) is 104 Å². The van der Waals surface area contributed by atoms with E-state index in [1.807, 2.05) is 34.5 Å². The zero-order chi connectivity index (χ0) is 36.3. The summed E-state index contributed by atoms with van der Waals surface area (Å²) in [5.41, 5.74) is 9.57. The van der Waals surface area contributed by atoms with Gasteiger partial charge in [0.1, 0.15) is 6.79 Å². The van der Waals surface area contributed by atoms with Crippen LogP contribution in [0.5, 0.6) is 0 Å². The predicted octanol–water partition coefficient (Wildman–Crippen LogP) is 12.2. The highest BCUT2D eigenvalue weighted by molar-refractivity contribution is 5.61. The fourth-order valence-electron chi connectivity index (χ4n) is 5.32. The van der Waals surface area contributed by atoms with Crippen molar-refractivity contribution in [3.63, 3.8) is 0 Å². The zero-order valence-electron chi connectivity index (χ0n) is 31.1. The Labute approximate surface area is 293 Å². The first kappa shape index (κ1) is 44.2. The Hall–Kier alpha value is -3.83. The molecule has 0 spiro atoms. The van der Waals surface area contributed by atoms with Gasteiger partial charge in [0.2, 0.25) is 0 Å². The van der Waals surface area contributed by atoms with E-state index < -0.39 is 0 Å². The van der Waals surface area contributed by atoms with Gasteiger partial charge in [0.05, 0.1) is 12.2 Å². The minimum Gasteiger partial charge on any atom is -0.377 e. The molecule has 4 rings (SSSR count). The van der Waals surface area contributed by atoms with E-state index in [-0.39, 0.29) is 18.5 Å². The molecule has 1 heterocycles. The topological polar surface area (TPSA) is 44.8 Å². The molecule has 4 heteroatoms. The van der Waals surface area contributed by atoms with E-state index in [4.69, 9.17) is 19.0 Å². The van der Waals surface area contributed by atoms with Crippen molar-refractivity contribution < 1.29 is 19.0 Å². The van der Waals surface area contributed by atoms with E-state index in [1.165, 1.54) is 39.8 Å². The zero-order valence-corrected chi connectivity index (χ0v) is 31.1. The highest BCUT2D eigenvalue weighted by Gasteiger charge is 2.20. The third kappa shape index (κ3) is 15.8. The monoisotopic (exact) mass is 654 g/mol. The van der Waals surface area contributed by atoms with E-state index in [0.717, 1.165) is 43.4 Å². The number of allylic oxidation sites excluding steroid dienone is 3. The Morgan fingerprint density at radius 1 is 0.917 bits per heavy atom. The third-order valence-corrected chi connectivity index (χ3v) is 7.62. The Balaban J connectivity index is 0.00000257. The largest absolute Gasteiger partial charge is 0.377 e. The van der Waals surface area contributed by atoms with Crippen LogP contribution in [0.1, 0.15) is 111 Å². The van der Waals surface area contributed by atoms with Crippen LogP contribution in [0.2, 0.25) is 0 Å². The first-order chi connectivity index (χ1) is 23.4. The third-order valence-electron chi connectivity index (χ3n) is 7.62. The summed E-state index contributed by atoms with van der Waals surface area (Å²) in [7, 11) is 1.80. The first-order valence-electron chi connectivity index (χ1n) is 17.3. The molecule has 3 unspecified atom stereocenters. The van der Waals surface area contributed by atoms with Crippen molar-refractivity contribution in [2.75, 3.05) is 13.7 Å². The van der Waals surface area contributed by atoms with Gasteiger partial charge in [-0.25, -0.2) is 0 Å². The van der Waals surface area contributed by atoms with Crippen LogP contribution in [0.3, 0.4) is 0 Å². The Morgan fingerprint density at radius 2 is 1.60 bits per heavy atom. The van der Waals surface area contributed by atoms with Crippen LogP contribution in [-0.4, -0.2) is 26.8 Å². The number of carbonyl (C=O) groups is 1. The Bertz CT molecular complexity index is 1350. The lowest BCUT2D eigenvalue weighted by Crippen LogP contribution is -2.24. The second-order valence-corrected chi connectivity index (χ2v) is 10.8. The smallest absolute Gasteiger partial charge is 0.158 e. The number of rotatable bonds is 12. The minimum atomic E-state index is -0.0994. The van der Waals surface area contributed by atoms with Gasteiger partial charge in [0.15, 0.2) is 6.29 Å². The van der Waals surface area contributed by atoms with Crippen molar-refractivity contribution in [2.45, 2.75) is 99.1 Å². The normalized spacial score (nSPS) is 14.9. The summed E-state index contributed by atoms with van der Waals surface area (Å²) in [6.45, 7) is 27.4. The summed E-state index contributed by atoms with van der Waals surface area (Å²) in [5.74, 6) is 0. The van der Waals surface area contributed by atoms with Gasteiger partial charge < -0.3 is 19.0 Å². The lowest BCUT2D eigenvalue weighted by molar-refractivity contribution is -0.186. The molecule has 0 bridgehead atoms. The summed E-state index contributed by atoms with van der Waals surface area (Å²) in [6, 6.07) is 23.7. The number of methoxy groups -OCH3 is 1. The van der Waals surface area contributed by atoms with E-state index >= 15 is 0 Å². The molecule has 1 fully saturated rings. The summed E-state index contributed by atoms with van der Waals surface area (Å²) in [5, 5.41) is 0. The van der Waals surface area contributed by atoms with E-state index in [1.54, 1.807) is 7.11 Å². The van der Waals surface area contributed by atoms with Gasteiger partial charge in [-0.05, 0) is 97.9 Å². The molecule has 0 aromatic heterocycles. The molecular formula is C44H62O4. The fourth-order valence-corrected chi connectivity index (χ4v) is 5.32. The molecule has 0 aliphatic carbocycles. The van der Waals surface area contributed by atoms with Crippen molar-refractivity contribution in [3.8, 4) is 0 Å². The van der Waals surface area contributed by atoms with Crippen molar-refractivity contribution in [1.29, 1.82) is 0 Å². The molecule has 1 saturated heterocycles. The van der Waals surface area contributed by atoms with E-state index in [9.17, 15) is 0 Å². The van der Waals surface area contributed by atoms with Crippen molar-refractivity contribution in [1.82, 2.24) is 0 Å². The van der Waals surface area contributed by atoms with Gasteiger partial charge in [0, 0.05) is 13.7 Å². The summed E-state index contributed by atoms with van der Waals surface area (Å²) in [6.07, 6.45) is 13.3. The SMILES string of the molecule is C=C.C=C(/C=C\c1ccc(C)cc1C)/C=C/c1cccc(C(CCc2ccccc2C(C)OC2CCCCO2)OC)c1.C=O.CC.CC. The number of hydrogen-bond acceptors (Lipinski definition) is 4. The lowest BCUT2D eigenvalue weighted by atomic mass is 9.95. The molecule has 4 nitrogen and oxygen atoms in total. The molecule has 3 atom stereocenters. The number of hydrogen-bond donors (Lipinski definition) is 0.